The maximum absolute atomic E-state index is 5.90. The van der Waals surface area contributed by atoms with E-state index in [0.29, 0.717) is 0 Å². The molecule has 0 radical (unpaired) electrons. The average Bonchev–Trinajstić information content (AvgIpc) is 2.53. The first-order valence-electron chi connectivity index (χ1n) is 7.86. The van der Waals surface area contributed by atoms with Crippen LogP contribution in [0.4, 0.5) is 0 Å². The van der Waals surface area contributed by atoms with Crippen LogP contribution >= 0.6 is 0 Å². The Bertz CT molecular complexity index is 449. The van der Waals surface area contributed by atoms with Gasteiger partial charge in [-0.1, -0.05) is 64.3 Å². The lowest BCUT2D eigenvalue weighted by Crippen LogP contribution is -2.00. The monoisotopic (exact) mass is 288 g/mol. The molecule has 0 aliphatic heterocycles. The molecule has 21 heavy (non-hydrogen) atoms. The Hall–Kier alpha value is -1.70. The van der Waals surface area contributed by atoms with Crippen LogP contribution in [0.3, 0.4) is 0 Å². The highest BCUT2D eigenvalue weighted by Crippen LogP contribution is 2.30. The molecule has 0 spiro atoms. The molecule has 0 unspecified atom stereocenters. The zero-order valence-electron chi connectivity index (χ0n) is 13.5. The third-order valence-corrected chi connectivity index (χ3v) is 3.56. The van der Waals surface area contributed by atoms with Crippen molar-refractivity contribution >= 4 is 12.2 Å². The van der Waals surface area contributed by atoms with E-state index < -0.39 is 0 Å². The molecule has 0 bridgehead atoms. The molecule has 0 fully saturated rings. The second-order valence-corrected chi connectivity index (χ2v) is 5.16. The second-order valence-electron chi connectivity index (χ2n) is 5.16. The van der Waals surface area contributed by atoms with Gasteiger partial charge in [0.25, 0.3) is 0 Å². The largest absolute Gasteiger partial charge is 0.496 e. The van der Waals surface area contributed by atoms with Gasteiger partial charge in [-0.2, -0.15) is 0 Å². The molecule has 0 saturated carbocycles. The SMILES string of the molecule is C=Cc1cc(OCCCCCCCC)c(C=C)cc1OC. The second kappa shape index (κ2) is 10.1. The van der Waals surface area contributed by atoms with Gasteiger partial charge in [-0.05, 0) is 18.6 Å². The number of rotatable bonds is 11. The third-order valence-electron chi connectivity index (χ3n) is 3.56. The Morgan fingerprint density at radius 1 is 0.905 bits per heavy atom. The van der Waals surface area contributed by atoms with Crippen molar-refractivity contribution in [1.82, 2.24) is 0 Å². The van der Waals surface area contributed by atoms with Crippen LogP contribution in [-0.2, 0) is 0 Å². The predicted molar refractivity (Wildman–Crippen MR) is 92.0 cm³/mol. The summed E-state index contributed by atoms with van der Waals surface area (Å²) in [6.45, 7) is 10.6. The molecule has 0 heterocycles. The number of benzene rings is 1. The lowest BCUT2D eigenvalue weighted by atomic mass is 10.1. The van der Waals surface area contributed by atoms with Crippen LogP contribution in [0.2, 0.25) is 0 Å². The predicted octanol–water partition coefficient (Wildman–Crippen LogP) is 5.72. The minimum atomic E-state index is 0.746. The van der Waals surface area contributed by atoms with Crippen molar-refractivity contribution in [3.8, 4) is 11.5 Å². The van der Waals surface area contributed by atoms with Crippen molar-refractivity contribution in [2.24, 2.45) is 0 Å². The minimum absolute atomic E-state index is 0.746. The highest BCUT2D eigenvalue weighted by molar-refractivity contribution is 5.66. The standard InChI is InChI=1S/C19H28O2/c1-5-8-9-10-11-12-13-21-19-15-16(6-2)18(20-4)14-17(19)7-3/h6-7,14-15H,2-3,5,8-13H2,1,4H3. The number of hydrogen-bond donors (Lipinski definition) is 0. The minimum Gasteiger partial charge on any atom is -0.496 e. The van der Waals surface area contributed by atoms with Gasteiger partial charge in [0.1, 0.15) is 11.5 Å². The third kappa shape index (κ3) is 5.66. The molecule has 0 atom stereocenters. The van der Waals surface area contributed by atoms with Crippen molar-refractivity contribution in [1.29, 1.82) is 0 Å². The molecule has 1 rings (SSSR count). The molecular formula is C19H28O2. The van der Waals surface area contributed by atoms with Crippen molar-refractivity contribution in [3.63, 3.8) is 0 Å². The molecule has 0 aliphatic rings. The zero-order chi connectivity index (χ0) is 15.5. The van der Waals surface area contributed by atoms with Gasteiger partial charge in [-0.3, -0.25) is 0 Å². The first-order valence-corrected chi connectivity index (χ1v) is 7.86. The van der Waals surface area contributed by atoms with E-state index in [1.165, 1.54) is 32.1 Å². The summed E-state index contributed by atoms with van der Waals surface area (Å²) in [4.78, 5) is 0. The van der Waals surface area contributed by atoms with E-state index in [1.54, 1.807) is 19.3 Å². The summed E-state index contributed by atoms with van der Waals surface area (Å²) in [6.07, 6.45) is 11.2. The summed E-state index contributed by atoms with van der Waals surface area (Å²) in [5.74, 6) is 1.65. The van der Waals surface area contributed by atoms with Gasteiger partial charge in [-0.15, -0.1) is 0 Å². The molecule has 116 valence electrons. The highest BCUT2D eigenvalue weighted by atomic mass is 16.5. The maximum atomic E-state index is 5.90. The number of ether oxygens (including phenoxy) is 2. The topological polar surface area (TPSA) is 18.5 Å². The number of unbranched alkanes of at least 4 members (excludes halogenated alkanes) is 5. The smallest absolute Gasteiger partial charge is 0.127 e. The fraction of sp³-hybridized carbons (Fsp3) is 0.474. The maximum Gasteiger partial charge on any atom is 0.127 e. The van der Waals surface area contributed by atoms with E-state index in [9.17, 15) is 0 Å². The van der Waals surface area contributed by atoms with E-state index in [4.69, 9.17) is 9.47 Å². The van der Waals surface area contributed by atoms with E-state index >= 15 is 0 Å². The molecule has 1 aromatic rings. The molecule has 2 heteroatoms. The fourth-order valence-electron chi connectivity index (χ4n) is 2.28. The van der Waals surface area contributed by atoms with E-state index in [0.717, 1.165) is 35.7 Å². The van der Waals surface area contributed by atoms with Crippen LogP contribution in [0, 0.1) is 0 Å². The average molecular weight is 288 g/mol. The Morgan fingerprint density at radius 3 is 2.10 bits per heavy atom. The normalized spacial score (nSPS) is 10.2. The molecule has 0 amide bonds. The summed E-state index contributed by atoms with van der Waals surface area (Å²) in [7, 11) is 1.66. The summed E-state index contributed by atoms with van der Waals surface area (Å²) in [5.41, 5.74) is 1.91. The van der Waals surface area contributed by atoms with Crippen LogP contribution in [0.25, 0.3) is 12.2 Å². The first-order chi connectivity index (χ1) is 10.3. The Labute approximate surface area is 129 Å². The zero-order valence-corrected chi connectivity index (χ0v) is 13.5. The number of hydrogen-bond acceptors (Lipinski definition) is 2. The molecule has 1 aromatic carbocycles. The Balaban J connectivity index is 2.53. The summed E-state index contributed by atoms with van der Waals surface area (Å²) in [5, 5.41) is 0. The van der Waals surface area contributed by atoms with Crippen LogP contribution in [0.5, 0.6) is 11.5 Å². The van der Waals surface area contributed by atoms with Gasteiger partial charge in [0.05, 0.1) is 13.7 Å². The molecule has 0 aromatic heterocycles. The summed E-state index contributed by atoms with van der Waals surface area (Å²) >= 11 is 0. The van der Waals surface area contributed by atoms with E-state index in [1.807, 2.05) is 12.1 Å². The van der Waals surface area contributed by atoms with Crippen molar-refractivity contribution in [2.45, 2.75) is 45.4 Å². The lowest BCUT2D eigenvalue weighted by Gasteiger charge is -2.13. The molecule has 2 nitrogen and oxygen atoms in total. The number of methoxy groups -OCH3 is 1. The highest BCUT2D eigenvalue weighted by Gasteiger charge is 2.07. The summed E-state index contributed by atoms with van der Waals surface area (Å²) in [6, 6.07) is 3.92. The molecule has 0 N–H and O–H groups in total. The van der Waals surface area contributed by atoms with Crippen LogP contribution in [0.15, 0.2) is 25.3 Å². The van der Waals surface area contributed by atoms with Gasteiger partial charge in [0.2, 0.25) is 0 Å². The van der Waals surface area contributed by atoms with E-state index in [-0.39, 0.29) is 0 Å². The van der Waals surface area contributed by atoms with Gasteiger partial charge < -0.3 is 9.47 Å². The molecule has 0 saturated heterocycles. The molecule has 0 aliphatic carbocycles. The van der Waals surface area contributed by atoms with Gasteiger partial charge in [0.15, 0.2) is 0 Å². The van der Waals surface area contributed by atoms with Gasteiger partial charge in [-0.25, -0.2) is 0 Å². The van der Waals surface area contributed by atoms with Crippen LogP contribution in [-0.4, -0.2) is 13.7 Å². The van der Waals surface area contributed by atoms with Crippen molar-refractivity contribution in [3.05, 3.63) is 36.4 Å². The van der Waals surface area contributed by atoms with Crippen LogP contribution in [0.1, 0.15) is 56.6 Å². The van der Waals surface area contributed by atoms with E-state index in [2.05, 4.69) is 20.1 Å². The van der Waals surface area contributed by atoms with Crippen LogP contribution < -0.4 is 9.47 Å². The Morgan fingerprint density at radius 2 is 1.48 bits per heavy atom. The first kappa shape index (κ1) is 17.4. The van der Waals surface area contributed by atoms with Gasteiger partial charge in [0, 0.05) is 11.1 Å². The summed E-state index contributed by atoms with van der Waals surface area (Å²) < 4.78 is 11.2. The fourth-order valence-corrected chi connectivity index (χ4v) is 2.28. The van der Waals surface area contributed by atoms with Gasteiger partial charge >= 0.3 is 0 Å². The molecular weight excluding hydrogens is 260 g/mol. The van der Waals surface area contributed by atoms with Crippen molar-refractivity contribution < 1.29 is 9.47 Å². The quantitative estimate of drug-likeness (QED) is 0.485. The van der Waals surface area contributed by atoms with Crippen molar-refractivity contribution in [2.75, 3.05) is 13.7 Å². The lowest BCUT2D eigenvalue weighted by molar-refractivity contribution is 0.303. The Kier molecular flexibility index (Phi) is 8.34.